The van der Waals surface area contributed by atoms with Gasteiger partial charge in [-0.3, -0.25) is 0 Å². The van der Waals surface area contributed by atoms with Crippen LogP contribution in [0.15, 0.2) is 42.6 Å². The number of ether oxygens (including phenoxy) is 1. The molecular weight excluding hydrogens is 310 g/mol. The molecule has 1 aromatic carbocycles. The molecule has 0 amide bonds. The van der Waals surface area contributed by atoms with Crippen LogP contribution in [0.25, 0.3) is 0 Å². The van der Waals surface area contributed by atoms with Crippen molar-refractivity contribution >= 4 is 17.4 Å². The van der Waals surface area contributed by atoms with Crippen LogP contribution in [0.4, 0.5) is 5.82 Å². The minimum Gasteiger partial charge on any atom is -0.381 e. The Balaban J connectivity index is 1.85. The van der Waals surface area contributed by atoms with Crippen LogP contribution in [-0.4, -0.2) is 24.7 Å². The molecule has 2 aromatic rings. The van der Waals surface area contributed by atoms with Crippen molar-refractivity contribution < 1.29 is 4.74 Å². The Labute approximate surface area is 141 Å². The molecule has 2 heterocycles. The number of rotatable bonds is 4. The topological polar surface area (TPSA) is 57.9 Å². The molecule has 0 spiro atoms. The van der Waals surface area contributed by atoms with Crippen LogP contribution in [0, 0.1) is 11.3 Å². The predicted octanol–water partition coefficient (Wildman–Crippen LogP) is 3.77. The number of hydrogen-bond donors (Lipinski definition) is 1. The molecule has 23 heavy (non-hydrogen) atoms. The highest BCUT2D eigenvalue weighted by molar-refractivity contribution is 6.30. The number of anilines is 1. The van der Waals surface area contributed by atoms with Gasteiger partial charge in [-0.05, 0) is 42.7 Å². The van der Waals surface area contributed by atoms with Gasteiger partial charge in [0.05, 0.1) is 5.56 Å². The Morgan fingerprint density at radius 2 is 1.96 bits per heavy atom. The maximum absolute atomic E-state index is 9.20. The first kappa shape index (κ1) is 15.8. The first-order chi connectivity index (χ1) is 11.2. The highest BCUT2D eigenvalue weighted by atomic mass is 35.5. The van der Waals surface area contributed by atoms with Gasteiger partial charge in [-0.15, -0.1) is 0 Å². The molecular formula is C18H18ClN3O. The van der Waals surface area contributed by atoms with Gasteiger partial charge in [-0.1, -0.05) is 23.7 Å². The molecule has 1 saturated heterocycles. The first-order valence-electron chi connectivity index (χ1n) is 7.66. The van der Waals surface area contributed by atoms with Crippen molar-refractivity contribution in [1.29, 1.82) is 5.26 Å². The van der Waals surface area contributed by atoms with E-state index in [1.807, 2.05) is 12.1 Å². The number of nitriles is 1. The third-order valence-corrected chi connectivity index (χ3v) is 4.68. The molecule has 1 aliphatic rings. The molecule has 0 saturated carbocycles. The maximum atomic E-state index is 9.20. The Morgan fingerprint density at radius 1 is 1.22 bits per heavy atom. The van der Waals surface area contributed by atoms with Crippen molar-refractivity contribution in [2.75, 3.05) is 25.1 Å². The third-order valence-electron chi connectivity index (χ3n) is 4.43. The molecule has 1 aromatic heterocycles. The zero-order valence-corrected chi connectivity index (χ0v) is 13.5. The fraction of sp³-hybridized carbons (Fsp3) is 0.333. The number of benzene rings is 1. The number of pyridine rings is 1. The van der Waals surface area contributed by atoms with Gasteiger partial charge in [-0.2, -0.15) is 5.26 Å². The average molecular weight is 328 g/mol. The van der Waals surface area contributed by atoms with Crippen molar-refractivity contribution in [2.24, 2.45) is 0 Å². The van der Waals surface area contributed by atoms with Gasteiger partial charge < -0.3 is 10.1 Å². The molecule has 1 aliphatic heterocycles. The van der Waals surface area contributed by atoms with Gasteiger partial charge in [0.15, 0.2) is 0 Å². The summed E-state index contributed by atoms with van der Waals surface area (Å²) in [5.41, 5.74) is 1.77. The van der Waals surface area contributed by atoms with E-state index in [1.54, 1.807) is 18.3 Å². The number of nitrogens with one attached hydrogen (secondary N) is 1. The second kappa shape index (κ2) is 6.99. The summed E-state index contributed by atoms with van der Waals surface area (Å²) in [4.78, 5) is 4.29. The van der Waals surface area contributed by atoms with Crippen molar-refractivity contribution in [3.05, 3.63) is 58.7 Å². The van der Waals surface area contributed by atoms with Crippen LogP contribution in [-0.2, 0) is 10.2 Å². The lowest BCUT2D eigenvalue weighted by Gasteiger charge is -2.38. The summed E-state index contributed by atoms with van der Waals surface area (Å²) in [5.74, 6) is 0.634. The largest absolute Gasteiger partial charge is 0.381 e. The number of nitrogens with zero attached hydrogens (tertiary/aromatic N) is 2. The van der Waals surface area contributed by atoms with E-state index >= 15 is 0 Å². The van der Waals surface area contributed by atoms with E-state index in [1.165, 1.54) is 5.56 Å². The Bertz CT molecular complexity index is 703. The van der Waals surface area contributed by atoms with Crippen LogP contribution in [0.5, 0.6) is 0 Å². The highest BCUT2D eigenvalue weighted by Gasteiger charge is 2.34. The smallest absolute Gasteiger partial charge is 0.143 e. The van der Waals surface area contributed by atoms with Crippen molar-refractivity contribution in [1.82, 2.24) is 4.98 Å². The van der Waals surface area contributed by atoms with E-state index in [-0.39, 0.29) is 5.41 Å². The standard InChI is InChI=1S/C18H18ClN3O/c19-16-5-3-15(4-6-16)18(7-10-23-11-8-18)13-22-17-14(12-20)2-1-9-21-17/h1-6,9H,7-8,10-11,13H2,(H,21,22). The molecule has 5 heteroatoms. The number of aromatic nitrogens is 1. The van der Waals surface area contributed by atoms with Crippen molar-refractivity contribution in [3.63, 3.8) is 0 Å². The van der Waals surface area contributed by atoms with E-state index in [4.69, 9.17) is 16.3 Å². The van der Waals surface area contributed by atoms with Crippen LogP contribution < -0.4 is 5.32 Å². The summed E-state index contributed by atoms with van der Waals surface area (Å²) in [5, 5.41) is 13.3. The molecule has 1 fully saturated rings. The fourth-order valence-electron chi connectivity index (χ4n) is 3.02. The van der Waals surface area contributed by atoms with Crippen LogP contribution in [0.3, 0.4) is 0 Å². The maximum Gasteiger partial charge on any atom is 0.143 e. The lowest BCUT2D eigenvalue weighted by Crippen LogP contribution is -2.40. The van der Waals surface area contributed by atoms with Gasteiger partial charge in [0, 0.05) is 36.4 Å². The summed E-state index contributed by atoms with van der Waals surface area (Å²) in [6.07, 6.45) is 3.55. The average Bonchev–Trinajstić information content (AvgIpc) is 2.61. The lowest BCUT2D eigenvalue weighted by atomic mass is 9.74. The summed E-state index contributed by atoms with van der Waals surface area (Å²) in [6.45, 7) is 2.18. The van der Waals surface area contributed by atoms with Gasteiger partial charge in [0.2, 0.25) is 0 Å². The zero-order chi connectivity index (χ0) is 16.1. The molecule has 0 atom stereocenters. The third kappa shape index (κ3) is 3.47. The van der Waals surface area contributed by atoms with Gasteiger partial charge in [0.25, 0.3) is 0 Å². The normalized spacial score (nSPS) is 16.5. The summed E-state index contributed by atoms with van der Waals surface area (Å²) < 4.78 is 5.55. The second-order valence-electron chi connectivity index (χ2n) is 5.76. The molecule has 0 aliphatic carbocycles. The molecule has 3 rings (SSSR count). The van der Waals surface area contributed by atoms with E-state index in [0.717, 1.165) is 31.1 Å². The van der Waals surface area contributed by atoms with Crippen molar-refractivity contribution in [2.45, 2.75) is 18.3 Å². The summed E-state index contributed by atoms with van der Waals surface area (Å²) in [6, 6.07) is 13.7. The molecule has 0 unspecified atom stereocenters. The van der Waals surface area contributed by atoms with Crippen LogP contribution in [0.2, 0.25) is 5.02 Å². The monoisotopic (exact) mass is 327 g/mol. The Hall–Kier alpha value is -2.09. The van der Waals surface area contributed by atoms with Gasteiger partial charge in [-0.25, -0.2) is 4.98 Å². The minimum absolute atomic E-state index is 0.0346. The molecule has 118 valence electrons. The second-order valence-corrected chi connectivity index (χ2v) is 6.20. The van der Waals surface area contributed by atoms with E-state index in [0.29, 0.717) is 17.9 Å². The Kier molecular flexibility index (Phi) is 4.80. The number of halogens is 1. The van der Waals surface area contributed by atoms with Crippen molar-refractivity contribution in [3.8, 4) is 6.07 Å². The van der Waals surface area contributed by atoms with E-state index in [2.05, 4.69) is 28.5 Å². The summed E-state index contributed by atoms with van der Waals surface area (Å²) in [7, 11) is 0. The number of hydrogen-bond acceptors (Lipinski definition) is 4. The lowest BCUT2D eigenvalue weighted by molar-refractivity contribution is 0.0543. The fourth-order valence-corrected chi connectivity index (χ4v) is 3.15. The van der Waals surface area contributed by atoms with Crippen LogP contribution >= 0.6 is 11.6 Å². The SMILES string of the molecule is N#Cc1cccnc1NCC1(c2ccc(Cl)cc2)CCOCC1. The highest BCUT2D eigenvalue weighted by Crippen LogP contribution is 2.35. The van der Waals surface area contributed by atoms with E-state index in [9.17, 15) is 5.26 Å². The molecule has 4 nitrogen and oxygen atoms in total. The summed E-state index contributed by atoms with van der Waals surface area (Å²) >= 11 is 6.02. The zero-order valence-electron chi connectivity index (χ0n) is 12.8. The van der Waals surface area contributed by atoms with Crippen LogP contribution in [0.1, 0.15) is 24.0 Å². The van der Waals surface area contributed by atoms with Gasteiger partial charge in [0.1, 0.15) is 11.9 Å². The molecule has 0 radical (unpaired) electrons. The Morgan fingerprint density at radius 3 is 2.65 bits per heavy atom. The quantitative estimate of drug-likeness (QED) is 0.928. The minimum atomic E-state index is -0.0346. The molecule has 1 N–H and O–H groups in total. The predicted molar refractivity (Wildman–Crippen MR) is 90.6 cm³/mol. The van der Waals surface area contributed by atoms with Gasteiger partial charge >= 0.3 is 0 Å². The first-order valence-corrected chi connectivity index (χ1v) is 8.04. The molecule has 0 bridgehead atoms. The van der Waals surface area contributed by atoms with E-state index < -0.39 is 0 Å².